The number of benzene rings is 1. The van der Waals surface area contributed by atoms with Crippen LogP contribution in [-0.4, -0.2) is 40.0 Å². The third-order valence-corrected chi connectivity index (χ3v) is 4.88. The van der Waals surface area contributed by atoms with Crippen molar-refractivity contribution < 1.29 is 27.4 Å². The summed E-state index contributed by atoms with van der Waals surface area (Å²) in [4.78, 5) is 11.4. The van der Waals surface area contributed by atoms with Gasteiger partial charge < -0.3 is 14.2 Å². The monoisotopic (exact) mass is 286 g/mol. The Morgan fingerprint density at radius 2 is 1.89 bits per heavy atom. The van der Waals surface area contributed by atoms with E-state index in [0.29, 0.717) is 24.7 Å². The van der Waals surface area contributed by atoms with Crippen molar-refractivity contribution in [2.45, 2.75) is 17.1 Å². The van der Waals surface area contributed by atoms with Crippen LogP contribution in [0.25, 0.3) is 0 Å². The molecule has 0 saturated heterocycles. The van der Waals surface area contributed by atoms with Crippen LogP contribution in [0.15, 0.2) is 23.1 Å². The van der Waals surface area contributed by atoms with Gasteiger partial charge in [0, 0.05) is 6.07 Å². The first kappa shape index (κ1) is 13.7. The van der Waals surface area contributed by atoms with Crippen molar-refractivity contribution in [2.24, 2.45) is 0 Å². The summed E-state index contributed by atoms with van der Waals surface area (Å²) in [5.74, 6) is 0.0650. The maximum absolute atomic E-state index is 12.2. The number of fused-ring (bicyclic) bond motifs is 1. The lowest BCUT2D eigenvalue weighted by molar-refractivity contribution is -0.139. The van der Waals surface area contributed by atoms with Crippen LogP contribution in [0.2, 0.25) is 0 Å². The summed E-state index contributed by atoms with van der Waals surface area (Å²) in [7, 11) is -2.64. The molecule has 6 nitrogen and oxygen atoms in total. The second kappa shape index (κ2) is 5.08. The zero-order valence-electron chi connectivity index (χ0n) is 10.6. The summed E-state index contributed by atoms with van der Waals surface area (Å²) >= 11 is 0. The molecule has 1 aromatic rings. The third kappa shape index (κ3) is 2.51. The van der Waals surface area contributed by atoms with E-state index in [1.807, 2.05) is 0 Å². The largest absolute Gasteiger partial charge is 0.486 e. The lowest BCUT2D eigenvalue weighted by Gasteiger charge is -2.19. The summed E-state index contributed by atoms with van der Waals surface area (Å²) in [6, 6.07) is 4.27. The lowest BCUT2D eigenvalue weighted by Crippen LogP contribution is -2.28. The van der Waals surface area contributed by atoms with Gasteiger partial charge in [-0.05, 0) is 19.1 Å². The number of methoxy groups -OCH3 is 1. The van der Waals surface area contributed by atoms with Crippen molar-refractivity contribution in [1.29, 1.82) is 0 Å². The van der Waals surface area contributed by atoms with Crippen molar-refractivity contribution in [3.63, 3.8) is 0 Å². The Morgan fingerprint density at radius 1 is 1.26 bits per heavy atom. The Kier molecular flexibility index (Phi) is 3.66. The molecule has 19 heavy (non-hydrogen) atoms. The first-order valence-corrected chi connectivity index (χ1v) is 7.23. The molecule has 1 aromatic carbocycles. The molecule has 0 aromatic heterocycles. The van der Waals surface area contributed by atoms with E-state index in [9.17, 15) is 13.2 Å². The Hall–Kier alpha value is -1.76. The van der Waals surface area contributed by atoms with Crippen molar-refractivity contribution in [3.05, 3.63) is 18.2 Å². The summed E-state index contributed by atoms with van der Waals surface area (Å²) in [6.45, 7) is 2.08. The summed E-state index contributed by atoms with van der Waals surface area (Å²) in [5, 5.41) is -1.26. The zero-order chi connectivity index (χ0) is 14.0. The average molecular weight is 286 g/mol. The van der Waals surface area contributed by atoms with Crippen LogP contribution >= 0.6 is 0 Å². The predicted molar refractivity (Wildman–Crippen MR) is 66.1 cm³/mol. The Labute approximate surface area is 111 Å². The molecule has 2 rings (SSSR count). The topological polar surface area (TPSA) is 78.9 Å². The number of esters is 1. The molecule has 0 spiro atoms. The van der Waals surface area contributed by atoms with Gasteiger partial charge in [0.05, 0.1) is 12.0 Å². The fourth-order valence-electron chi connectivity index (χ4n) is 1.70. The molecule has 0 saturated carbocycles. The molecule has 0 radical (unpaired) electrons. The number of carbonyl (C=O) groups excluding carboxylic acids is 1. The SMILES string of the molecule is COC(=O)C(C)S(=O)(=O)c1ccc2c(c1)OCCO2. The van der Waals surface area contributed by atoms with E-state index in [1.54, 1.807) is 0 Å². The van der Waals surface area contributed by atoms with Crippen molar-refractivity contribution >= 4 is 15.8 Å². The number of carbonyl (C=O) groups is 1. The molecule has 1 aliphatic rings. The molecule has 104 valence electrons. The van der Waals surface area contributed by atoms with E-state index in [2.05, 4.69) is 4.74 Å². The van der Waals surface area contributed by atoms with Gasteiger partial charge >= 0.3 is 5.97 Å². The normalized spacial score (nSPS) is 15.7. The second-order valence-electron chi connectivity index (χ2n) is 4.02. The van der Waals surface area contributed by atoms with Crippen molar-refractivity contribution in [3.8, 4) is 11.5 Å². The van der Waals surface area contributed by atoms with Gasteiger partial charge in [0.2, 0.25) is 0 Å². The highest BCUT2D eigenvalue weighted by Gasteiger charge is 2.31. The van der Waals surface area contributed by atoms with Gasteiger partial charge in [-0.3, -0.25) is 4.79 Å². The number of rotatable bonds is 3. The standard InChI is InChI=1S/C12H14O6S/c1-8(12(13)16-2)19(14,15)9-3-4-10-11(7-9)18-6-5-17-10/h3-4,7-8H,5-6H2,1-2H3. The highest BCUT2D eigenvalue weighted by atomic mass is 32.2. The van der Waals surface area contributed by atoms with Crippen LogP contribution in [-0.2, 0) is 19.4 Å². The van der Waals surface area contributed by atoms with Crippen molar-refractivity contribution in [1.82, 2.24) is 0 Å². The average Bonchev–Trinajstić information content (AvgIpc) is 2.45. The van der Waals surface area contributed by atoms with Crippen LogP contribution < -0.4 is 9.47 Å². The molecule has 0 N–H and O–H groups in total. The van der Waals surface area contributed by atoms with E-state index in [0.717, 1.165) is 7.11 Å². The number of hydrogen-bond donors (Lipinski definition) is 0. The summed E-state index contributed by atoms with van der Waals surface area (Å²) < 4.78 is 39.5. The molecule has 1 aliphatic heterocycles. The van der Waals surface area contributed by atoms with Gasteiger partial charge in [0.25, 0.3) is 0 Å². The smallest absolute Gasteiger partial charge is 0.324 e. The second-order valence-corrected chi connectivity index (χ2v) is 6.28. The maximum atomic E-state index is 12.2. The zero-order valence-corrected chi connectivity index (χ0v) is 11.4. The molecular weight excluding hydrogens is 272 g/mol. The van der Waals surface area contributed by atoms with E-state index in [4.69, 9.17) is 9.47 Å². The molecule has 0 bridgehead atoms. The van der Waals surface area contributed by atoms with Gasteiger partial charge in [-0.1, -0.05) is 0 Å². The van der Waals surface area contributed by atoms with Crippen LogP contribution in [0.3, 0.4) is 0 Å². The van der Waals surface area contributed by atoms with E-state index in [-0.39, 0.29) is 4.90 Å². The van der Waals surface area contributed by atoms with E-state index < -0.39 is 21.1 Å². The van der Waals surface area contributed by atoms with Gasteiger partial charge in [-0.15, -0.1) is 0 Å². The fourth-order valence-corrected chi connectivity index (χ4v) is 2.98. The summed E-state index contributed by atoms with van der Waals surface area (Å²) in [5.41, 5.74) is 0. The van der Waals surface area contributed by atoms with Crippen LogP contribution in [0.1, 0.15) is 6.92 Å². The van der Waals surface area contributed by atoms with E-state index >= 15 is 0 Å². The van der Waals surface area contributed by atoms with Crippen LogP contribution in [0.4, 0.5) is 0 Å². The molecule has 0 amide bonds. The van der Waals surface area contributed by atoms with Crippen LogP contribution in [0.5, 0.6) is 11.5 Å². The molecule has 7 heteroatoms. The molecule has 0 fully saturated rings. The van der Waals surface area contributed by atoms with Gasteiger partial charge in [0.15, 0.2) is 26.6 Å². The molecule has 0 aliphatic carbocycles. The highest BCUT2D eigenvalue weighted by Crippen LogP contribution is 2.33. The van der Waals surface area contributed by atoms with Gasteiger partial charge in [0.1, 0.15) is 13.2 Å². The molecule has 1 heterocycles. The number of hydrogen-bond acceptors (Lipinski definition) is 6. The first-order chi connectivity index (χ1) is 8.96. The number of sulfone groups is 1. The molecular formula is C12H14O6S. The summed E-state index contributed by atoms with van der Waals surface area (Å²) in [6.07, 6.45) is 0. The first-order valence-electron chi connectivity index (χ1n) is 5.68. The van der Waals surface area contributed by atoms with E-state index in [1.165, 1.54) is 25.1 Å². The minimum Gasteiger partial charge on any atom is -0.486 e. The van der Waals surface area contributed by atoms with Gasteiger partial charge in [-0.2, -0.15) is 0 Å². The molecule has 1 atom stereocenters. The third-order valence-electron chi connectivity index (χ3n) is 2.84. The van der Waals surface area contributed by atoms with Gasteiger partial charge in [-0.25, -0.2) is 8.42 Å². The Bertz CT molecular complexity index is 592. The fraction of sp³-hybridized carbons (Fsp3) is 0.417. The minimum absolute atomic E-state index is 0.00894. The Morgan fingerprint density at radius 3 is 2.53 bits per heavy atom. The van der Waals surface area contributed by atoms with Crippen LogP contribution in [0, 0.1) is 0 Å². The quantitative estimate of drug-likeness (QED) is 0.764. The minimum atomic E-state index is -3.79. The maximum Gasteiger partial charge on any atom is 0.324 e. The Balaban J connectivity index is 2.38. The highest BCUT2D eigenvalue weighted by molar-refractivity contribution is 7.92. The molecule has 1 unspecified atom stereocenters. The number of ether oxygens (including phenoxy) is 3. The predicted octanol–water partition coefficient (Wildman–Crippen LogP) is 0.793. The van der Waals surface area contributed by atoms with Crippen molar-refractivity contribution in [2.75, 3.05) is 20.3 Å². The lowest BCUT2D eigenvalue weighted by atomic mass is 10.3.